The fourth-order valence-electron chi connectivity index (χ4n) is 1.84. The number of nitro groups is 1. The third kappa shape index (κ3) is 3.01. The molecule has 2 unspecified atom stereocenters. The van der Waals surface area contributed by atoms with E-state index in [1.165, 1.54) is 12.3 Å². The largest absolute Gasteiger partial charge is 0.272 e. The average molecular weight is 287 g/mol. The maximum atomic E-state index is 10.7. The molecule has 1 aromatic rings. The van der Waals surface area contributed by atoms with Crippen molar-refractivity contribution in [2.75, 3.05) is 0 Å². The van der Waals surface area contributed by atoms with Crippen molar-refractivity contribution < 1.29 is 4.92 Å². The molecule has 0 saturated heterocycles. The molecule has 1 rings (SSSR count). The molecule has 1 aromatic heterocycles. The van der Waals surface area contributed by atoms with Crippen molar-refractivity contribution in [3.63, 3.8) is 0 Å². The minimum atomic E-state index is -0.387. The van der Waals surface area contributed by atoms with Gasteiger partial charge in [-0.3, -0.25) is 15.1 Å². The number of hydrogen-bond donors (Lipinski definition) is 0. The van der Waals surface area contributed by atoms with Crippen molar-refractivity contribution >= 4 is 21.6 Å². The van der Waals surface area contributed by atoms with Gasteiger partial charge in [-0.15, -0.1) is 0 Å². The normalized spacial score (nSPS) is 14.8. The van der Waals surface area contributed by atoms with Gasteiger partial charge in [0, 0.05) is 29.1 Å². The molecule has 1 heterocycles. The van der Waals surface area contributed by atoms with Crippen molar-refractivity contribution in [3.8, 4) is 0 Å². The van der Waals surface area contributed by atoms with Gasteiger partial charge in [-0.1, -0.05) is 36.7 Å². The number of aromatic nitrogens is 1. The molecule has 0 spiro atoms. The highest BCUT2D eigenvalue weighted by molar-refractivity contribution is 9.09. The van der Waals surface area contributed by atoms with E-state index in [0.717, 1.165) is 5.69 Å². The van der Waals surface area contributed by atoms with E-state index in [-0.39, 0.29) is 21.4 Å². The lowest BCUT2D eigenvalue weighted by Gasteiger charge is -2.22. The topological polar surface area (TPSA) is 56.0 Å². The lowest BCUT2D eigenvalue weighted by atomic mass is 9.89. The number of rotatable bonds is 4. The Morgan fingerprint density at radius 3 is 2.50 bits per heavy atom. The first-order valence-electron chi connectivity index (χ1n) is 5.18. The highest BCUT2D eigenvalue weighted by Crippen LogP contribution is 2.31. The molecule has 2 atom stereocenters. The van der Waals surface area contributed by atoms with Gasteiger partial charge in [0.05, 0.1) is 10.6 Å². The standard InChI is InChI=1S/C11H15BrN2O2/c1-7(2)11(8(3)12)10-6-9(14(15)16)4-5-13-10/h4-8,11H,1-3H3. The number of nitrogens with zero attached hydrogens (tertiary/aromatic N) is 2. The summed E-state index contributed by atoms with van der Waals surface area (Å²) in [5.74, 6) is 0.559. The zero-order valence-corrected chi connectivity index (χ0v) is 11.1. The van der Waals surface area contributed by atoms with Gasteiger partial charge in [0.2, 0.25) is 0 Å². The summed E-state index contributed by atoms with van der Waals surface area (Å²) in [6, 6.07) is 2.97. The molecule has 88 valence electrons. The van der Waals surface area contributed by atoms with Crippen molar-refractivity contribution in [2.45, 2.75) is 31.5 Å². The molecule has 0 radical (unpaired) electrons. The minimum absolute atomic E-state index is 0.101. The molecule has 4 nitrogen and oxygen atoms in total. The van der Waals surface area contributed by atoms with E-state index in [0.29, 0.717) is 5.92 Å². The molecule has 0 N–H and O–H groups in total. The number of hydrogen-bond acceptors (Lipinski definition) is 3. The van der Waals surface area contributed by atoms with Crippen LogP contribution in [0.2, 0.25) is 0 Å². The molecular formula is C11H15BrN2O2. The highest BCUT2D eigenvalue weighted by Gasteiger charge is 2.23. The SMILES string of the molecule is CC(C)C(c1cc([N+](=O)[O-])ccn1)C(C)Br. The smallest absolute Gasteiger partial charge is 0.260 e. The first-order valence-corrected chi connectivity index (χ1v) is 6.09. The van der Waals surface area contributed by atoms with Crippen LogP contribution in [0.5, 0.6) is 0 Å². The van der Waals surface area contributed by atoms with E-state index in [4.69, 9.17) is 0 Å². The Balaban J connectivity index is 3.10. The molecule has 0 aromatic carbocycles. The monoisotopic (exact) mass is 286 g/mol. The van der Waals surface area contributed by atoms with Gasteiger partial charge in [-0.2, -0.15) is 0 Å². The lowest BCUT2D eigenvalue weighted by molar-refractivity contribution is -0.385. The summed E-state index contributed by atoms with van der Waals surface area (Å²) in [5.41, 5.74) is 0.873. The average Bonchev–Trinajstić information content (AvgIpc) is 2.16. The van der Waals surface area contributed by atoms with Gasteiger partial charge in [-0.05, 0) is 5.92 Å². The summed E-state index contributed by atoms with van der Waals surface area (Å²) in [4.78, 5) is 14.8. The molecule has 0 saturated carbocycles. The van der Waals surface area contributed by atoms with Crippen LogP contribution < -0.4 is 0 Å². The molecule has 0 aliphatic heterocycles. The van der Waals surface area contributed by atoms with Gasteiger partial charge in [0.1, 0.15) is 0 Å². The van der Waals surface area contributed by atoms with E-state index in [2.05, 4.69) is 34.8 Å². The van der Waals surface area contributed by atoms with Gasteiger partial charge >= 0.3 is 0 Å². The molecule has 0 aliphatic rings. The predicted molar refractivity (Wildman–Crippen MR) is 66.9 cm³/mol. The van der Waals surface area contributed by atoms with Crippen molar-refractivity contribution in [3.05, 3.63) is 34.1 Å². The van der Waals surface area contributed by atoms with Crippen molar-refractivity contribution in [2.24, 2.45) is 5.92 Å². The predicted octanol–water partition coefficient (Wildman–Crippen LogP) is 3.51. The Bertz CT molecular complexity index is 372. The van der Waals surface area contributed by atoms with Crippen LogP contribution in [0.1, 0.15) is 32.4 Å². The molecule has 0 amide bonds. The van der Waals surface area contributed by atoms with Gasteiger partial charge < -0.3 is 0 Å². The highest BCUT2D eigenvalue weighted by atomic mass is 79.9. The van der Waals surface area contributed by atoms with Crippen LogP contribution in [0, 0.1) is 16.0 Å². The van der Waals surface area contributed by atoms with Crippen LogP contribution in [0.3, 0.4) is 0 Å². The molecule has 16 heavy (non-hydrogen) atoms. The van der Waals surface area contributed by atoms with Crippen LogP contribution in [-0.2, 0) is 0 Å². The van der Waals surface area contributed by atoms with Crippen molar-refractivity contribution in [1.82, 2.24) is 4.98 Å². The van der Waals surface area contributed by atoms with E-state index < -0.39 is 0 Å². The molecule has 0 fully saturated rings. The Morgan fingerprint density at radius 1 is 1.44 bits per heavy atom. The first kappa shape index (κ1) is 13.1. The van der Waals surface area contributed by atoms with E-state index >= 15 is 0 Å². The van der Waals surface area contributed by atoms with Crippen LogP contribution in [0.15, 0.2) is 18.3 Å². The number of halogens is 1. The van der Waals surface area contributed by atoms with Crippen LogP contribution >= 0.6 is 15.9 Å². The fourth-order valence-corrected chi connectivity index (χ4v) is 2.72. The zero-order chi connectivity index (χ0) is 12.3. The Hall–Kier alpha value is -0.970. The van der Waals surface area contributed by atoms with Gasteiger partial charge in [0.25, 0.3) is 5.69 Å². The van der Waals surface area contributed by atoms with Crippen molar-refractivity contribution in [1.29, 1.82) is 0 Å². The molecule has 0 aliphatic carbocycles. The quantitative estimate of drug-likeness (QED) is 0.483. The third-order valence-electron chi connectivity index (χ3n) is 2.53. The number of pyridine rings is 1. The maximum Gasteiger partial charge on any atom is 0.272 e. The molecule has 0 bridgehead atoms. The van der Waals surface area contributed by atoms with Gasteiger partial charge in [-0.25, -0.2) is 0 Å². The van der Waals surface area contributed by atoms with Crippen LogP contribution in [0.4, 0.5) is 5.69 Å². The summed E-state index contributed by atoms with van der Waals surface area (Å²) in [7, 11) is 0. The second-order valence-corrected chi connectivity index (χ2v) is 5.59. The Labute approximate surface area is 103 Å². The van der Waals surface area contributed by atoms with Crippen LogP contribution in [0.25, 0.3) is 0 Å². The maximum absolute atomic E-state index is 10.7. The summed E-state index contributed by atoms with van der Waals surface area (Å²) < 4.78 is 0. The third-order valence-corrected chi connectivity index (χ3v) is 3.10. The second kappa shape index (κ2) is 5.39. The minimum Gasteiger partial charge on any atom is -0.260 e. The van der Waals surface area contributed by atoms with Gasteiger partial charge in [0.15, 0.2) is 0 Å². The van der Waals surface area contributed by atoms with E-state index in [1.807, 2.05) is 6.92 Å². The van der Waals surface area contributed by atoms with Crippen LogP contribution in [-0.4, -0.2) is 14.7 Å². The molecular weight excluding hydrogens is 272 g/mol. The summed E-state index contributed by atoms with van der Waals surface area (Å²) >= 11 is 3.53. The summed E-state index contributed by atoms with van der Waals surface area (Å²) in [5, 5.41) is 10.7. The van der Waals surface area contributed by atoms with E-state index in [1.54, 1.807) is 6.07 Å². The molecule has 5 heteroatoms. The first-order chi connectivity index (χ1) is 7.43. The van der Waals surface area contributed by atoms with E-state index in [9.17, 15) is 10.1 Å². The zero-order valence-electron chi connectivity index (χ0n) is 9.55. The Kier molecular flexibility index (Phi) is 4.41. The fraction of sp³-hybridized carbons (Fsp3) is 0.545. The number of alkyl halides is 1. The second-order valence-electron chi connectivity index (χ2n) is 4.14. The summed E-state index contributed by atoms with van der Waals surface area (Å²) in [6.45, 7) is 6.21. The summed E-state index contributed by atoms with van der Waals surface area (Å²) in [6.07, 6.45) is 1.50. The Morgan fingerprint density at radius 2 is 2.06 bits per heavy atom. The lowest BCUT2D eigenvalue weighted by Crippen LogP contribution is -2.17.